The quantitative estimate of drug-likeness (QED) is 0.911. The highest BCUT2D eigenvalue weighted by Crippen LogP contribution is 2.44. The summed E-state index contributed by atoms with van der Waals surface area (Å²) in [6.45, 7) is 3.83. The van der Waals surface area contributed by atoms with Gasteiger partial charge in [-0.05, 0) is 18.6 Å². The highest BCUT2D eigenvalue weighted by Gasteiger charge is 2.27. The molecule has 2 aliphatic heterocycles. The van der Waals surface area contributed by atoms with Crippen molar-refractivity contribution in [1.82, 2.24) is 5.32 Å². The Balaban J connectivity index is 1.49. The summed E-state index contributed by atoms with van der Waals surface area (Å²) in [5, 5.41) is 5.87. The van der Waals surface area contributed by atoms with Gasteiger partial charge in [0, 0.05) is 30.5 Å². The molecule has 5 heteroatoms. The molecule has 0 saturated carbocycles. The van der Waals surface area contributed by atoms with Gasteiger partial charge >= 0.3 is 6.03 Å². The number of anilines is 1. The lowest BCUT2D eigenvalue weighted by atomic mass is 10.0. The lowest BCUT2D eigenvalue weighted by Crippen LogP contribution is -2.28. The number of amides is 2. The van der Waals surface area contributed by atoms with Crippen LogP contribution in [0.3, 0.4) is 0 Å². The van der Waals surface area contributed by atoms with E-state index in [0.717, 1.165) is 46.7 Å². The van der Waals surface area contributed by atoms with E-state index in [4.69, 9.17) is 9.47 Å². The molecular formula is C19H20N2O3. The molecule has 2 heterocycles. The highest BCUT2D eigenvalue weighted by molar-refractivity contribution is 5.93. The third-order valence-electron chi connectivity index (χ3n) is 4.46. The van der Waals surface area contributed by atoms with Gasteiger partial charge in [0.2, 0.25) is 0 Å². The third-order valence-corrected chi connectivity index (χ3v) is 4.46. The zero-order valence-electron chi connectivity index (χ0n) is 13.6. The summed E-state index contributed by atoms with van der Waals surface area (Å²) in [6, 6.07) is 9.93. The molecule has 0 spiro atoms. The SMILES string of the molecule is Cc1ccc(CNC(=O)Nc2c3c(cc4c2OCC4)OCC3)cc1. The van der Waals surface area contributed by atoms with Crippen molar-refractivity contribution < 1.29 is 14.3 Å². The highest BCUT2D eigenvalue weighted by atomic mass is 16.5. The van der Waals surface area contributed by atoms with Gasteiger partial charge in [-0.15, -0.1) is 0 Å². The number of nitrogens with one attached hydrogen (secondary N) is 2. The summed E-state index contributed by atoms with van der Waals surface area (Å²) in [7, 11) is 0. The number of hydrogen-bond donors (Lipinski definition) is 2. The second-order valence-corrected chi connectivity index (χ2v) is 6.21. The molecule has 24 heavy (non-hydrogen) atoms. The number of carbonyl (C=O) groups excluding carboxylic acids is 1. The van der Waals surface area contributed by atoms with Crippen LogP contribution in [0.2, 0.25) is 0 Å². The number of urea groups is 1. The molecule has 0 aromatic heterocycles. The largest absolute Gasteiger partial charge is 0.493 e. The van der Waals surface area contributed by atoms with Crippen LogP contribution in [-0.4, -0.2) is 19.2 Å². The first-order valence-corrected chi connectivity index (χ1v) is 8.25. The first-order chi connectivity index (χ1) is 11.7. The first kappa shape index (κ1) is 14.9. The van der Waals surface area contributed by atoms with Crippen LogP contribution in [0.1, 0.15) is 22.3 Å². The molecule has 0 unspecified atom stereocenters. The van der Waals surface area contributed by atoms with Gasteiger partial charge in [0.25, 0.3) is 0 Å². The van der Waals surface area contributed by atoms with Crippen LogP contribution >= 0.6 is 0 Å². The van der Waals surface area contributed by atoms with Crippen LogP contribution in [0.4, 0.5) is 10.5 Å². The van der Waals surface area contributed by atoms with E-state index in [1.807, 2.05) is 37.3 Å². The van der Waals surface area contributed by atoms with Crippen LogP contribution in [0.15, 0.2) is 30.3 Å². The molecule has 0 saturated heterocycles. The molecular weight excluding hydrogens is 304 g/mol. The standard InChI is InChI=1S/C19H20N2O3/c1-12-2-4-13(5-3-12)11-20-19(22)21-17-15-7-9-23-16(15)10-14-6-8-24-18(14)17/h2-5,10H,6-9,11H2,1H3,(H2,20,21,22). The minimum Gasteiger partial charge on any atom is -0.493 e. The molecule has 0 atom stereocenters. The van der Waals surface area contributed by atoms with Crippen LogP contribution in [0, 0.1) is 6.92 Å². The van der Waals surface area contributed by atoms with E-state index in [0.29, 0.717) is 19.8 Å². The second-order valence-electron chi connectivity index (χ2n) is 6.21. The molecule has 124 valence electrons. The molecule has 5 nitrogen and oxygen atoms in total. The molecule has 2 aliphatic rings. The molecule has 0 aliphatic carbocycles. The minimum absolute atomic E-state index is 0.228. The lowest BCUT2D eigenvalue weighted by molar-refractivity contribution is 0.251. The summed E-state index contributed by atoms with van der Waals surface area (Å²) in [4.78, 5) is 12.3. The van der Waals surface area contributed by atoms with Gasteiger partial charge in [-0.1, -0.05) is 29.8 Å². The number of fused-ring (bicyclic) bond motifs is 2. The molecule has 2 aromatic rings. The van der Waals surface area contributed by atoms with Crippen molar-refractivity contribution in [2.45, 2.75) is 26.3 Å². The summed E-state index contributed by atoms with van der Waals surface area (Å²) < 4.78 is 11.4. The summed E-state index contributed by atoms with van der Waals surface area (Å²) in [6.07, 6.45) is 1.64. The Kier molecular flexibility index (Phi) is 3.76. The maximum Gasteiger partial charge on any atom is 0.319 e. The average Bonchev–Trinajstić information content (AvgIpc) is 3.23. The Labute approximate surface area is 141 Å². The Morgan fingerprint density at radius 3 is 2.75 bits per heavy atom. The predicted octanol–water partition coefficient (Wildman–Crippen LogP) is 3.19. The van der Waals surface area contributed by atoms with E-state index in [2.05, 4.69) is 10.6 Å². The van der Waals surface area contributed by atoms with Gasteiger partial charge in [0.15, 0.2) is 0 Å². The van der Waals surface area contributed by atoms with Gasteiger partial charge < -0.3 is 20.1 Å². The Hall–Kier alpha value is -2.69. The van der Waals surface area contributed by atoms with Crippen molar-refractivity contribution in [3.05, 3.63) is 52.6 Å². The molecule has 0 radical (unpaired) electrons. The fraction of sp³-hybridized carbons (Fsp3) is 0.316. The normalized spacial score (nSPS) is 14.4. The summed E-state index contributed by atoms with van der Waals surface area (Å²) in [5.74, 6) is 1.66. The first-order valence-electron chi connectivity index (χ1n) is 8.25. The van der Waals surface area contributed by atoms with Crippen molar-refractivity contribution in [2.24, 2.45) is 0 Å². The fourth-order valence-electron chi connectivity index (χ4n) is 3.16. The maximum atomic E-state index is 12.3. The minimum atomic E-state index is -0.228. The van der Waals surface area contributed by atoms with Crippen LogP contribution in [-0.2, 0) is 19.4 Å². The summed E-state index contributed by atoms with van der Waals surface area (Å²) in [5.41, 5.74) is 5.17. The predicted molar refractivity (Wildman–Crippen MR) is 91.9 cm³/mol. The lowest BCUT2D eigenvalue weighted by Gasteiger charge is -2.14. The summed E-state index contributed by atoms with van der Waals surface area (Å²) >= 11 is 0. The monoisotopic (exact) mass is 324 g/mol. The molecule has 0 bridgehead atoms. The Morgan fingerprint density at radius 1 is 1.12 bits per heavy atom. The Morgan fingerprint density at radius 2 is 1.92 bits per heavy atom. The number of rotatable bonds is 3. The van der Waals surface area contributed by atoms with E-state index in [1.165, 1.54) is 5.56 Å². The van der Waals surface area contributed by atoms with E-state index in [1.54, 1.807) is 0 Å². The van der Waals surface area contributed by atoms with Gasteiger partial charge in [-0.2, -0.15) is 0 Å². The topological polar surface area (TPSA) is 59.6 Å². The van der Waals surface area contributed by atoms with Crippen molar-refractivity contribution in [2.75, 3.05) is 18.5 Å². The van der Waals surface area contributed by atoms with Crippen LogP contribution in [0.5, 0.6) is 11.5 Å². The number of hydrogen-bond acceptors (Lipinski definition) is 3. The number of benzene rings is 2. The van der Waals surface area contributed by atoms with Crippen molar-refractivity contribution >= 4 is 11.7 Å². The van der Waals surface area contributed by atoms with Crippen molar-refractivity contribution in [1.29, 1.82) is 0 Å². The van der Waals surface area contributed by atoms with Gasteiger partial charge in [0.05, 0.1) is 18.9 Å². The maximum absolute atomic E-state index is 12.3. The van der Waals surface area contributed by atoms with Crippen molar-refractivity contribution in [3.63, 3.8) is 0 Å². The van der Waals surface area contributed by atoms with Gasteiger partial charge in [-0.3, -0.25) is 0 Å². The van der Waals surface area contributed by atoms with E-state index in [9.17, 15) is 4.79 Å². The Bertz CT molecular complexity index is 752. The van der Waals surface area contributed by atoms with Gasteiger partial charge in [-0.25, -0.2) is 4.79 Å². The number of aryl methyl sites for hydroxylation is 1. The zero-order valence-corrected chi connectivity index (χ0v) is 13.6. The fourth-order valence-corrected chi connectivity index (χ4v) is 3.16. The van der Waals surface area contributed by atoms with E-state index in [-0.39, 0.29) is 6.03 Å². The smallest absolute Gasteiger partial charge is 0.319 e. The van der Waals surface area contributed by atoms with Crippen LogP contribution in [0.25, 0.3) is 0 Å². The molecule has 0 fully saturated rings. The third kappa shape index (κ3) is 2.77. The molecule has 2 amide bonds. The van der Waals surface area contributed by atoms with E-state index >= 15 is 0 Å². The molecule has 2 aromatic carbocycles. The average molecular weight is 324 g/mol. The number of carbonyl (C=O) groups is 1. The molecule has 2 N–H and O–H groups in total. The second kappa shape index (κ2) is 6.07. The van der Waals surface area contributed by atoms with E-state index < -0.39 is 0 Å². The molecule has 4 rings (SSSR count). The zero-order chi connectivity index (χ0) is 16.5. The van der Waals surface area contributed by atoms with Crippen LogP contribution < -0.4 is 20.1 Å². The number of ether oxygens (including phenoxy) is 2. The van der Waals surface area contributed by atoms with Crippen molar-refractivity contribution in [3.8, 4) is 11.5 Å². The van der Waals surface area contributed by atoms with Gasteiger partial charge in [0.1, 0.15) is 11.5 Å².